The third-order valence-corrected chi connectivity index (χ3v) is 13.3. The van der Waals surface area contributed by atoms with Gasteiger partial charge in [-0.3, -0.25) is 9.59 Å². The summed E-state index contributed by atoms with van der Waals surface area (Å²) in [6.45, 7) is 21.6. The normalized spacial score (nSPS) is 34.7. The van der Waals surface area contributed by atoms with Crippen LogP contribution in [0.1, 0.15) is 106 Å². The van der Waals surface area contributed by atoms with Gasteiger partial charge in [0.2, 0.25) is 0 Å². The van der Waals surface area contributed by atoms with Crippen LogP contribution in [0.2, 0.25) is 0 Å². The van der Waals surface area contributed by atoms with Gasteiger partial charge in [0.1, 0.15) is 30.0 Å². The zero-order valence-electron chi connectivity index (χ0n) is 37.6. The first-order chi connectivity index (χ1) is 28.8. The third-order valence-electron chi connectivity index (χ3n) is 13.3. The van der Waals surface area contributed by atoms with Crippen molar-refractivity contribution in [2.75, 3.05) is 6.61 Å². The Hall–Kier alpha value is -4.35. The van der Waals surface area contributed by atoms with Gasteiger partial charge in [-0.2, -0.15) is 0 Å². The van der Waals surface area contributed by atoms with Crippen molar-refractivity contribution in [1.82, 2.24) is 5.32 Å². The first-order valence-electron chi connectivity index (χ1n) is 21.3. The van der Waals surface area contributed by atoms with Gasteiger partial charge in [-0.1, -0.05) is 45.5 Å². The second-order valence-electron chi connectivity index (χ2n) is 19.5. The van der Waals surface area contributed by atoms with Gasteiger partial charge in [0, 0.05) is 32.1 Å². The Balaban J connectivity index is 1.58. The van der Waals surface area contributed by atoms with E-state index in [2.05, 4.69) is 11.9 Å². The number of aliphatic hydroxyl groups excluding tert-OH is 1. The van der Waals surface area contributed by atoms with Crippen LogP contribution >= 0.6 is 0 Å². The maximum Gasteiger partial charge on any atom is 0.407 e. The molecule has 0 bridgehead atoms. The van der Waals surface area contributed by atoms with Crippen molar-refractivity contribution in [2.45, 2.75) is 167 Å². The molecule has 2 unspecified atom stereocenters. The Morgan fingerprint density at radius 2 is 1.65 bits per heavy atom. The van der Waals surface area contributed by atoms with Crippen LogP contribution in [0.15, 0.2) is 54.1 Å². The molecular formula is C46H63NO15. The Bertz CT molecular complexity index is 1950. The van der Waals surface area contributed by atoms with Gasteiger partial charge in [-0.05, 0) is 83.2 Å². The van der Waals surface area contributed by atoms with E-state index < -0.39 is 119 Å². The predicted octanol–water partition coefficient (Wildman–Crippen LogP) is 4.87. The molecule has 0 aromatic heterocycles. The minimum Gasteiger partial charge on any atom is -0.457 e. The van der Waals surface area contributed by atoms with Crippen molar-refractivity contribution in [1.29, 1.82) is 0 Å². The molecule has 62 heavy (non-hydrogen) atoms. The Morgan fingerprint density at radius 1 is 0.984 bits per heavy atom. The van der Waals surface area contributed by atoms with Crippen LogP contribution in [-0.2, 0) is 52.3 Å². The van der Waals surface area contributed by atoms with Gasteiger partial charge in [0.15, 0.2) is 24.1 Å². The third kappa shape index (κ3) is 8.28. The molecule has 6 rings (SSSR count). The van der Waals surface area contributed by atoms with Gasteiger partial charge < -0.3 is 53.4 Å². The summed E-state index contributed by atoms with van der Waals surface area (Å²) in [6, 6.07) is 7.11. The van der Waals surface area contributed by atoms with Crippen LogP contribution in [0.25, 0.3) is 0 Å². The van der Waals surface area contributed by atoms with E-state index in [0.29, 0.717) is 5.57 Å². The van der Waals surface area contributed by atoms with Gasteiger partial charge in [0.05, 0.1) is 41.3 Å². The summed E-state index contributed by atoms with van der Waals surface area (Å²) >= 11 is 0. The number of amides is 1. The molecule has 1 aromatic rings. The van der Waals surface area contributed by atoms with Crippen LogP contribution in [0, 0.1) is 22.7 Å². The van der Waals surface area contributed by atoms with E-state index in [4.69, 9.17) is 37.9 Å². The molecule has 342 valence electrons. The molecule has 16 heteroatoms. The number of benzene rings is 1. The zero-order chi connectivity index (χ0) is 45.9. The fourth-order valence-corrected chi connectivity index (χ4v) is 10.8. The van der Waals surface area contributed by atoms with Crippen LogP contribution in [0.3, 0.4) is 0 Å². The van der Waals surface area contributed by atoms with E-state index in [-0.39, 0.29) is 42.9 Å². The van der Waals surface area contributed by atoms with Crippen molar-refractivity contribution < 1.29 is 72.1 Å². The first kappa shape index (κ1) is 47.1. The van der Waals surface area contributed by atoms with Gasteiger partial charge in [-0.25, -0.2) is 14.4 Å². The number of hydrogen-bond acceptors (Lipinski definition) is 15. The molecule has 1 amide bonds. The Morgan fingerprint density at radius 3 is 2.18 bits per heavy atom. The molecule has 3 aliphatic carbocycles. The molecule has 5 aliphatic rings. The number of hydrogen-bond donors (Lipinski definition) is 3. The van der Waals surface area contributed by atoms with E-state index >= 15 is 0 Å². The van der Waals surface area contributed by atoms with Crippen LogP contribution < -0.4 is 5.32 Å². The van der Waals surface area contributed by atoms with Crippen molar-refractivity contribution in [3.8, 4) is 0 Å². The highest BCUT2D eigenvalue weighted by Gasteiger charge is 2.81. The summed E-state index contributed by atoms with van der Waals surface area (Å²) in [7, 11) is 0. The highest BCUT2D eigenvalue weighted by molar-refractivity contribution is 5.89. The van der Waals surface area contributed by atoms with Crippen LogP contribution in [-0.4, -0.2) is 119 Å². The quantitative estimate of drug-likeness (QED) is 0.145. The molecule has 3 N–H and O–H groups in total. The summed E-state index contributed by atoms with van der Waals surface area (Å²) in [6.07, 6.45) is -8.88. The largest absolute Gasteiger partial charge is 0.457 e. The molecular weight excluding hydrogens is 806 g/mol. The SMILES string of the molecule is C=CC1O[C@H]2C[C@H]3OC[C@@]3(OC(C)=O)[C@H]3[C@H](OC(=O)c4ccccc4)[C@]4(C(C)(C)O)C[C@H](OC(=O)C(O)[C@H](CC(C)C)NC(=O)OC(C)(C)C)C(C)=C4[C@H](OC(C)=O)[C@H](O1)[C@]23C. The summed E-state index contributed by atoms with van der Waals surface area (Å²) < 4.78 is 50.5. The van der Waals surface area contributed by atoms with E-state index in [1.165, 1.54) is 33.8 Å². The fourth-order valence-electron chi connectivity index (χ4n) is 10.8. The van der Waals surface area contributed by atoms with E-state index in [0.717, 1.165) is 0 Å². The highest BCUT2D eigenvalue weighted by atomic mass is 16.7. The van der Waals surface area contributed by atoms with Gasteiger partial charge in [0.25, 0.3) is 0 Å². The number of carbonyl (C=O) groups is 5. The molecule has 1 aromatic carbocycles. The standard InChI is InChI=1S/C46H63NO15/c1-13-32-58-30-20-31-46(22-55-31,61-26(6)49)36-38(60-39(51)27-17-15-14-16-18-27)45(43(10,11)54)21-29(24(4)33(45)35(56-25(5)48)37(59-32)44(30,36)12)57-40(52)34(50)28(19-23(2)3)47-41(53)62-42(7,8)9/h13-18,23,28-32,34-38,50,54H,1,19-22H2,2-12H3,(H,47,53)/t28-,29-,30-,31+,32?,34?,35-,36-,37-,38-,44+,45-,46-/m0/s1. The maximum atomic E-state index is 14.6. The molecule has 2 saturated carbocycles. The molecule has 2 saturated heterocycles. The minimum atomic E-state index is -1.91. The maximum absolute atomic E-state index is 14.6. The number of ether oxygens (including phenoxy) is 8. The van der Waals surface area contributed by atoms with E-state index in [1.54, 1.807) is 58.0 Å². The molecule has 0 spiro atoms. The highest BCUT2D eigenvalue weighted by Crippen LogP contribution is 2.70. The average Bonchev–Trinajstić information content (AvgIpc) is 3.41. The van der Waals surface area contributed by atoms with Crippen molar-refractivity contribution in [3.63, 3.8) is 0 Å². The summed E-state index contributed by atoms with van der Waals surface area (Å²) in [5.74, 6) is -4.40. The molecule has 2 heterocycles. The monoisotopic (exact) mass is 869 g/mol. The van der Waals surface area contributed by atoms with Crippen LogP contribution in [0.5, 0.6) is 0 Å². The number of aliphatic hydroxyl groups is 2. The number of carbonyl (C=O) groups excluding carboxylic acids is 5. The fraction of sp³-hybridized carbons (Fsp3) is 0.674. The molecule has 0 radical (unpaired) electrons. The number of fused-ring (bicyclic) bond motifs is 3. The van der Waals surface area contributed by atoms with E-state index in [9.17, 15) is 34.2 Å². The second kappa shape index (κ2) is 17.0. The predicted molar refractivity (Wildman–Crippen MR) is 220 cm³/mol. The van der Waals surface area contributed by atoms with Crippen LogP contribution in [0.4, 0.5) is 4.79 Å². The zero-order valence-corrected chi connectivity index (χ0v) is 37.6. The van der Waals surface area contributed by atoms with Crippen molar-refractivity contribution >= 4 is 30.0 Å². The number of nitrogens with one attached hydrogen (secondary N) is 1. The lowest BCUT2D eigenvalue weighted by Gasteiger charge is -2.67. The molecule has 4 fully saturated rings. The first-order valence-corrected chi connectivity index (χ1v) is 21.3. The Kier molecular flexibility index (Phi) is 12.9. The number of esters is 4. The van der Waals surface area contributed by atoms with Gasteiger partial charge >= 0.3 is 30.0 Å². The van der Waals surface area contributed by atoms with Crippen molar-refractivity contribution in [3.05, 3.63) is 59.7 Å². The lowest BCUT2D eigenvalue weighted by Crippen LogP contribution is -2.80. The molecule has 2 aliphatic heterocycles. The average molecular weight is 870 g/mol. The Labute approximate surface area is 362 Å². The number of rotatable bonds is 12. The second-order valence-corrected chi connectivity index (χ2v) is 19.5. The lowest BCUT2D eigenvalue weighted by molar-refractivity contribution is -0.392. The summed E-state index contributed by atoms with van der Waals surface area (Å²) in [5, 5.41) is 27.1. The molecule has 16 nitrogen and oxygen atoms in total. The van der Waals surface area contributed by atoms with E-state index in [1.807, 2.05) is 20.8 Å². The topological polar surface area (TPSA) is 212 Å². The summed E-state index contributed by atoms with van der Waals surface area (Å²) in [4.78, 5) is 68.3. The smallest absolute Gasteiger partial charge is 0.407 e. The van der Waals surface area contributed by atoms with Gasteiger partial charge in [-0.15, -0.1) is 0 Å². The minimum absolute atomic E-state index is 0.0845. The summed E-state index contributed by atoms with van der Waals surface area (Å²) in [5.41, 5.74) is -6.62. The molecule has 13 atom stereocenters. The van der Waals surface area contributed by atoms with Crippen molar-refractivity contribution in [2.24, 2.45) is 22.7 Å². The lowest BCUT2D eigenvalue weighted by atomic mass is 9.49. The number of alkyl carbamates (subject to hydrolysis) is 1.